The highest BCUT2D eigenvalue weighted by atomic mass is 16.5. The van der Waals surface area contributed by atoms with Crippen LogP contribution >= 0.6 is 0 Å². The molecular formula is C9H13BO4. The summed E-state index contributed by atoms with van der Waals surface area (Å²) in [7, 11) is 5.45. The summed E-state index contributed by atoms with van der Waals surface area (Å²) in [6.07, 6.45) is 0. The Bertz CT molecular complexity index is 271. The average Bonchev–Trinajstić information content (AvgIpc) is 2.06. The van der Waals surface area contributed by atoms with Crippen molar-refractivity contribution in [3.63, 3.8) is 0 Å². The van der Waals surface area contributed by atoms with Crippen LogP contribution in [0.5, 0.6) is 0 Å². The molecule has 0 aliphatic carbocycles. The lowest BCUT2D eigenvalue weighted by molar-refractivity contribution is 0.0526. The van der Waals surface area contributed by atoms with E-state index in [-0.39, 0.29) is 16.9 Å². The molecule has 0 spiro atoms. The molecule has 76 valence electrons. The molecule has 4 nitrogen and oxygen atoms in total. The van der Waals surface area contributed by atoms with Crippen molar-refractivity contribution in [3.05, 3.63) is 29.8 Å². The lowest BCUT2D eigenvalue weighted by Crippen LogP contribution is -2.07. The second kappa shape index (κ2) is 7.11. The van der Waals surface area contributed by atoms with Gasteiger partial charge in [-0.1, -0.05) is 17.6 Å². The van der Waals surface area contributed by atoms with E-state index in [9.17, 15) is 4.79 Å². The van der Waals surface area contributed by atoms with Gasteiger partial charge in [0.1, 0.15) is 7.85 Å². The van der Waals surface area contributed by atoms with Crippen LogP contribution in [-0.2, 0) is 4.74 Å². The van der Waals surface area contributed by atoms with Crippen molar-refractivity contribution in [2.75, 3.05) is 6.61 Å². The number of rotatable bonds is 2. The highest BCUT2D eigenvalue weighted by Crippen LogP contribution is 1.98. The average molecular weight is 196 g/mol. The number of hydrogen-bond donors (Lipinski definition) is 0. The smallest absolute Gasteiger partial charge is 0.338 e. The topological polar surface area (TPSA) is 89.3 Å². The number of carbonyl (C=O) groups is 1. The van der Waals surface area contributed by atoms with Crippen molar-refractivity contribution in [2.24, 2.45) is 0 Å². The first-order chi connectivity index (χ1) is 5.74. The maximum atomic E-state index is 11.1. The molecule has 2 radical (unpaired) electrons. The molecule has 1 rings (SSSR count). The summed E-state index contributed by atoms with van der Waals surface area (Å²) in [4.78, 5) is 11.1. The number of esters is 1. The predicted molar refractivity (Wildman–Crippen MR) is 55.0 cm³/mol. The molecule has 0 heterocycles. The Morgan fingerprint density at radius 3 is 2.21 bits per heavy atom. The molecule has 5 heteroatoms. The van der Waals surface area contributed by atoms with Gasteiger partial charge in [-0.2, -0.15) is 0 Å². The molecule has 0 atom stereocenters. The first-order valence-corrected chi connectivity index (χ1v) is 3.76. The minimum atomic E-state index is -0.308. The van der Waals surface area contributed by atoms with E-state index in [2.05, 4.69) is 0 Å². The standard InChI is InChI=1S/C9H9BO2.2H2O/c1-2-12-9(11)7-3-5-8(10)6-4-7;;/h3-6H,2H2,1H3;2*1H2. The van der Waals surface area contributed by atoms with Crippen molar-refractivity contribution in [1.82, 2.24) is 0 Å². The van der Waals surface area contributed by atoms with Crippen LogP contribution in [0.4, 0.5) is 0 Å². The van der Waals surface area contributed by atoms with E-state index in [1.54, 1.807) is 31.2 Å². The van der Waals surface area contributed by atoms with Gasteiger partial charge in [-0.15, -0.1) is 0 Å². The van der Waals surface area contributed by atoms with Gasteiger partial charge in [0.05, 0.1) is 12.2 Å². The van der Waals surface area contributed by atoms with Gasteiger partial charge in [0, 0.05) is 0 Å². The SMILES string of the molecule is O.O.[B]c1ccc(C(=O)OCC)cc1. The Hall–Kier alpha value is -1.33. The third kappa shape index (κ3) is 4.07. The molecule has 0 saturated heterocycles. The Morgan fingerprint density at radius 1 is 1.29 bits per heavy atom. The fourth-order valence-corrected chi connectivity index (χ4v) is 0.834. The lowest BCUT2D eigenvalue weighted by Gasteiger charge is -2.00. The second-order valence-electron chi connectivity index (χ2n) is 2.34. The zero-order chi connectivity index (χ0) is 8.97. The highest BCUT2D eigenvalue weighted by Gasteiger charge is 2.03. The largest absolute Gasteiger partial charge is 0.462 e. The summed E-state index contributed by atoms with van der Waals surface area (Å²) in [6.45, 7) is 2.17. The third-order valence-electron chi connectivity index (χ3n) is 1.42. The molecule has 1 aromatic rings. The fraction of sp³-hybridized carbons (Fsp3) is 0.222. The Balaban J connectivity index is 0. The molecule has 0 unspecified atom stereocenters. The van der Waals surface area contributed by atoms with E-state index in [4.69, 9.17) is 12.6 Å². The minimum Gasteiger partial charge on any atom is -0.462 e. The number of carbonyl (C=O) groups excluding carboxylic acids is 1. The molecular weight excluding hydrogens is 183 g/mol. The fourth-order valence-electron chi connectivity index (χ4n) is 0.834. The van der Waals surface area contributed by atoms with Gasteiger partial charge >= 0.3 is 5.97 Å². The summed E-state index contributed by atoms with van der Waals surface area (Å²) in [5.74, 6) is -0.308. The van der Waals surface area contributed by atoms with Crippen LogP contribution in [0.1, 0.15) is 17.3 Å². The first kappa shape index (κ1) is 15.2. The molecule has 14 heavy (non-hydrogen) atoms. The summed E-state index contributed by atoms with van der Waals surface area (Å²) >= 11 is 0. The Labute approximate surface area is 83.9 Å². The molecule has 4 N–H and O–H groups in total. The predicted octanol–water partition coefficient (Wildman–Crippen LogP) is -0.992. The zero-order valence-corrected chi connectivity index (χ0v) is 7.91. The van der Waals surface area contributed by atoms with E-state index < -0.39 is 0 Å². The van der Waals surface area contributed by atoms with Crippen molar-refractivity contribution in [2.45, 2.75) is 6.92 Å². The number of hydrogen-bond acceptors (Lipinski definition) is 2. The summed E-state index contributed by atoms with van der Waals surface area (Å²) < 4.78 is 4.79. The molecule has 0 amide bonds. The Morgan fingerprint density at radius 2 is 1.79 bits per heavy atom. The van der Waals surface area contributed by atoms with Crippen LogP contribution in [0.2, 0.25) is 0 Å². The van der Waals surface area contributed by atoms with E-state index in [0.717, 1.165) is 0 Å². The molecule has 0 aliphatic rings. The molecule has 0 bridgehead atoms. The van der Waals surface area contributed by atoms with Gasteiger partial charge in [-0.3, -0.25) is 0 Å². The second-order valence-corrected chi connectivity index (χ2v) is 2.34. The lowest BCUT2D eigenvalue weighted by atomic mass is 9.95. The van der Waals surface area contributed by atoms with Crippen LogP contribution in [0.15, 0.2) is 24.3 Å². The monoisotopic (exact) mass is 196 g/mol. The molecule has 0 aliphatic heterocycles. The van der Waals surface area contributed by atoms with Crippen LogP contribution in [0.25, 0.3) is 0 Å². The van der Waals surface area contributed by atoms with E-state index >= 15 is 0 Å². The van der Waals surface area contributed by atoms with Crippen LogP contribution in [0, 0.1) is 0 Å². The summed E-state index contributed by atoms with van der Waals surface area (Å²) in [5.41, 5.74) is 1.18. The maximum absolute atomic E-state index is 11.1. The normalized spacial score (nSPS) is 8.07. The molecule has 1 aromatic carbocycles. The number of benzene rings is 1. The maximum Gasteiger partial charge on any atom is 0.338 e. The quantitative estimate of drug-likeness (QED) is 0.448. The van der Waals surface area contributed by atoms with E-state index in [0.29, 0.717) is 17.6 Å². The van der Waals surface area contributed by atoms with Crippen molar-refractivity contribution in [3.8, 4) is 0 Å². The van der Waals surface area contributed by atoms with Crippen LogP contribution < -0.4 is 5.46 Å². The van der Waals surface area contributed by atoms with E-state index in [1.807, 2.05) is 0 Å². The van der Waals surface area contributed by atoms with Gasteiger partial charge in [0.15, 0.2) is 0 Å². The third-order valence-corrected chi connectivity index (χ3v) is 1.42. The van der Waals surface area contributed by atoms with Gasteiger partial charge in [0.2, 0.25) is 0 Å². The minimum absolute atomic E-state index is 0. The summed E-state index contributed by atoms with van der Waals surface area (Å²) in [6, 6.07) is 6.64. The summed E-state index contributed by atoms with van der Waals surface area (Å²) in [5, 5.41) is 0. The zero-order valence-electron chi connectivity index (χ0n) is 7.91. The van der Waals surface area contributed by atoms with Crippen LogP contribution in [0.3, 0.4) is 0 Å². The Kier molecular flexibility index (Phi) is 7.70. The van der Waals surface area contributed by atoms with Crippen molar-refractivity contribution >= 4 is 19.3 Å². The van der Waals surface area contributed by atoms with Gasteiger partial charge in [-0.05, 0) is 19.1 Å². The number of ether oxygens (including phenoxy) is 1. The first-order valence-electron chi connectivity index (χ1n) is 3.76. The van der Waals surface area contributed by atoms with Crippen molar-refractivity contribution < 1.29 is 20.5 Å². The van der Waals surface area contributed by atoms with E-state index in [1.165, 1.54) is 0 Å². The van der Waals surface area contributed by atoms with Gasteiger partial charge in [0.25, 0.3) is 0 Å². The molecule has 0 saturated carbocycles. The van der Waals surface area contributed by atoms with Gasteiger partial charge in [-0.25, -0.2) is 4.79 Å². The van der Waals surface area contributed by atoms with Crippen LogP contribution in [-0.4, -0.2) is 31.4 Å². The highest BCUT2D eigenvalue weighted by molar-refractivity contribution is 6.32. The van der Waals surface area contributed by atoms with Crippen molar-refractivity contribution in [1.29, 1.82) is 0 Å². The van der Waals surface area contributed by atoms with Gasteiger partial charge < -0.3 is 15.7 Å². The molecule has 0 fully saturated rings. The molecule has 0 aromatic heterocycles.